The van der Waals surface area contributed by atoms with Gasteiger partial charge in [0.05, 0.1) is 5.56 Å². The van der Waals surface area contributed by atoms with E-state index in [1.165, 1.54) is 0 Å². The molecule has 0 atom stereocenters. The van der Waals surface area contributed by atoms with E-state index in [1.54, 1.807) is 11.3 Å². The second-order valence-corrected chi connectivity index (χ2v) is 6.88. The molecule has 0 spiro atoms. The Morgan fingerprint density at radius 3 is 2.82 bits per heavy atom. The molecule has 2 aliphatic heterocycles. The number of hydrogen-bond donors (Lipinski definition) is 0. The minimum atomic E-state index is 0.703. The maximum Gasteiger partial charge on any atom is 0.206 e. The minimum absolute atomic E-state index is 0.703. The SMILES string of the molecule is CN1CCN(C2=Nc3ccsc3Oc3ccc(Cl)cc32)CC1. The van der Waals surface area contributed by atoms with Gasteiger partial charge < -0.3 is 14.5 Å². The first-order valence-electron chi connectivity index (χ1n) is 7.28. The zero-order valence-corrected chi connectivity index (χ0v) is 13.8. The van der Waals surface area contributed by atoms with Gasteiger partial charge in [0.1, 0.15) is 17.3 Å². The lowest BCUT2D eigenvalue weighted by molar-refractivity contribution is 0.215. The van der Waals surface area contributed by atoms with Gasteiger partial charge in [-0.15, -0.1) is 11.3 Å². The first-order chi connectivity index (χ1) is 10.7. The van der Waals surface area contributed by atoms with E-state index in [9.17, 15) is 0 Å². The van der Waals surface area contributed by atoms with Crippen LogP contribution in [0.3, 0.4) is 0 Å². The molecule has 0 radical (unpaired) electrons. The van der Waals surface area contributed by atoms with Crippen molar-refractivity contribution in [2.75, 3.05) is 33.2 Å². The van der Waals surface area contributed by atoms with Gasteiger partial charge in [-0.25, -0.2) is 4.99 Å². The highest BCUT2D eigenvalue weighted by Gasteiger charge is 2.25. The van der Waals surface area contributed by atoms with Crippen LogP contribution in [0.4, 0.5) is 5.69 Å². The highest BCUT2D eigenvalue weighted by atomic mass is 35.5. The molecule has 0 N–H and O–H groups in total. The average molecular weight is 334 g/mol. The second kappa shape index (κ2) is 5.57. The molecule has 1 aromatic carbocycles. The van der Waals surface area contributed by atoms with Crippen LogP contribution in [0.25, 0.3) is 0 Å². The molecule has 3 heterocycles. The molecule has 1 aromatic heterocycles. The van der Waals surface area contributed by atoms with E-state index >= 15 is 0 Å². The van der Waals surface area contributed by atoms with E-state index in [0.717, 1.165) is 54.1 Å². The number of piperazine rings is 1. The lowest BCUT2D eigenvalue weighted by atomic mass is 10.1. The molecule has 0 unspecified atom stereocenters. The minimum Gasteiger partial charge on any atom is -0.444 e. The molecule has 114 valence electrons. The summed E-state index contributed by atoms with van der Waals surface area (Å²) in [5.74, 6) is 1.78. The van der Waals surface area contributed by atoms with Gasteiger partial charge in [-0.3, -0.25) is 0 Å². The van der Waals surface area contributed by atoms with Crippen LogP contribution in [0, 0.1) is 0 Å². The van der Waals surface area contributed by atoms with Gasteiger partial charge in [0.2, 0.25) is 5.06 Å². The first kappa shape index (κ1) is 14.1. The summed E-state index contributed by atoms with van der Waals surface area (Å²) in [5.41, 5.74) is 1.87. The number of halogens is 1. The summed E-state index contributed by atoms with van der Waals surface area (Å²) in [6.07, 6.45) is 0. The number of nitrogens with zero attached hydrogens (tertiary/aromatic N) is 3. The van der Waals surface area contributed by atoms with Gasteiger partial charge in [-0.05, 0) is 36.7 Å². The van der Waals surface area contributed by atoms with Crippen molar-refractivity contribution >= 4 is 34.5 Å². The molecule has 2 aromatic rings. The van der Waals surface area contributed by atoms with Crippen LogP contribution in [0.15, 0.2) is 34.6 Å². The summed E-state index contributed by atoms with van der Waals surface area (Å²) in [6, 6.07) is 7.74. The fraction of sp³-hybridized carbons (Fsp3) is 0.312. The van der Waals surface area contributed by atoms with Gasteiger partial charge in [-0.2, -0.15) is 0 Å². The zero-order chi connectivity index (χ0) is 15.1. The summed E-state index contributed by atoms with van der Waals surface area (Å²) >= 11 is 7.77. The number of benzene rings is 1. The van der Waals surface area contributed by atoms with Crippen molar-refractivity contribution in [2.45, 2.75) is 0 Å². The topological polar surface area (TPSA) is 28.1 Å². The van der Waals surface area contributed by atoms with Crippen LogP contribution in [-0.4, -0.2) is 48.9 Å². The van der Waals surface area contributed by atoms with E-state index in [-0.39, 0.29) is 0 Å². The monoisotopic (exact) mass is 333 g/mol. The molecule has 0 amide bonds. The number of amidine groups is 1. The molecule has 6 heteroatoms. The van der Waals surface area contributed by atoms with Crippen molar-refractivity contribution in [1.29, 1.82) is 0 Å². The van der Waals surface area contributed by atoms with Crippen molar-refractivity contribution in [3.63, 3.8) is 0 Å². The number of aliphatic imine (C=N–C) groups is 1. The number of hydrogen-bond acceptors (Lipinski definition) is 5. The second-order valence-electron chi connectivity index (χ2n) is 5.56. The molecular formula is C16H16ClN3OS. The van der Waals surface area contributed by atoms with Gasteiger partial charge in [0.15, 0.2) is 0 Å². The Bertz CT molecular complexity index is 735. The molecule has 1 fully saturated rings. The Hall–Kier alpha value is -1.56. The van der Waals surface area contributed by atoms with Crippen molar-refractivity contribution in [1.82, 2.24) is 9.80 Å². The van der Waals surface area contributed by atoms with Crippen LogP contribution in [0.5, 0.6) is 10.8 Å². The van der Waals surface area contributed by atoms with Crippen LogP contribution in [-0.2, 0) is 0 Å². The van der Waals surface area contributed by atoms with Crippen LogP contribution in [0.1, 0.15) is 5.56 Å². The predicted octanol–water partition coefficient (Wildman–Crippen LogP) is 3.83. The first-order valence-corrected chi connectivity index (χ1v) is 8.54. The molecule has 4 rings (SSSR count). The predicted molar refractivity (Wildman–Crippen MR) is 91.1 cm³/mol. The Balaban J connectivity index is 1.82. The van der Waals surface area contributed by atoms with Crippen molar-refractivity contribution in [2.24, 2.45) is 4.99 Å². The third-order valence-corrected chi connectivity index (χ3v) is 5.04. The summed E-state index contributed by atoms with van der Waals surface area (Å²) in [7, 11) is 2.15. The van der Waals surface area contributed by atoms with Gasteiger partial charge in [0, 0.05) is 31.2 Å². The summed E-state index contributed by atoms with van der Waals surface area (Å²) in [6.45, 7) is 3.99. The normalized spacial score (nSPS) is 18.1. The molecule has 1 saturated heterocycles. The zero-order valence-electron chi connectivity index (χ0n) is 12.3. The van der Waals surface area contributed by atoms with Crippen LogP contribution < -0.4 is 4.74 Å². The number of ether oxygens (including phenoxy) is 1. The quantitative estimate of drug-likeness (QED) is 0.733. The number of likely N-dealkylation sites (N-methyl/N-ethyl adjacent to an activating group) is 1. The van der Waals surface area contributed by atoms with Crippen LogP contribution >= 0.6 is 22.9 Å². The van der Waals surface area contributed by atoms with Gasteiger partial charge >= 0.3 is 0 Å². The van der Waals surface area contributed by atoms with Gasteiger partial charge in [0.25, 0.3) is 0 Å². The van der Waals surface area contributed by atoms with E-state index in [0.29, 0.717) is 5.02 Å². The molecule has 4 nitrogen and oxygen atoms in total. The number of thiophene rings is 1. The summed E-state index contributed by atoms with van der Waals surface area (Å²) in [5, 5.41) is 3.55. The molecule has 0 saturated carbocycles. The summed E-state index contributed by atoms with van der Waals surface area (Å²) < 4.78 is 6.05. The Morgan fingerprint density at radius 1 is 1.18 bits per heavy atom. The lowest BCUT2D eigenvalue weighted by Crippen LogP contribution is -2.47. The van der Waals surface area contributed by atoms with Crippen LogP contribution in [0.2, 0.25) is 5.02 Å². The maximum atomic E-state index is 6.21. The van der Waals surface area contributed by atoms with Gasteiger partial charge in [-0.1, -0.05) is 11.6 Å². The maximum absolute atomic E-state index is 6.21. The Kier molecular flexibility index (Phi) is 3.56. The average Bonchev–Trinajstić information content (AvgIpc) is 2.89. The standard InChI is InChI=1S/C16H16ClN3OS/c1-19-5-7-20(8-6-19)15-12-10-11(17)2-3-14(12)21-16-13(18-15)4-9-22-16/h2-4,9-10H,5-8H2,1H3. The number of rotatable bonds is 0. The fourth-order valence-corrected chi connectivity index (χ4v) is 3.61. The van der Waals surface area contributed by atoms with Crippen molar-refractivity contribution < 1.29 is 4.74 Å². The summed E-state index contributed by atoms with van der Waals surface area (Å²) in [4.78, 5) is 9.54. The van der Waals surface area contributed by atoms with E-state index in [1.807, 2.05) is 29.6 Å². The largest absolute Gasteiger partial charge is 0.444 e. The molecular weight excluding hydrogens is 318 g/mol. The Labute approximate surface area is 138 Å². The van der Waals surface area contributed by atoms with E-state index in [4.69, 9.17) is 21.3 Å². The van der Waals surface area contributed by atoms with E-state index in [2.05, 4.69) is 16.8 Å². The smallest absolute Gasteiger partial charge is 0.206 e. The van der Waals surface area contributed by atoms with E-state index < -0.39 is 0 Å². The van der Waals surface area contributed by atoms with Crippen molar-refractivity contribution in [3.05, 3.63) is 40.2 Å². The molecule has 22 heavy (non-hydrogen) atoms. The molecule has 2 aliphatic rings. The Morgan fingerprint density at radius 2 is 2.00 bits per heavy atom. The third-order valence-electron chi connectivity index (χ3n) is 4.02. The highest BCUT2D eigenvalue weighted by Crippen LogP contribution is 2.42. The number of fused-ring (bicyclic) bond motifs is 2. The van der Waals surface area contributed by atoms with Crippen molar-refractivity contribution in [3.8, 4) is 10.8 Å². The third kappa shape index (κ3) is 2.49. The lowest BCUT2D eigenvalue weighted by Gasteiger charge is -2.34. The molecule has 0 aliphatic carbocycles. The highest BCUT2D eigenvalue weighted by molar-refractivity contribution is 7.12. The molecule has 0 bridgehead atoms. The fourth-order valence-electron chi connectivity index (χ4n) is 2.75.